The number of aliphatic carboxylic acids is 2. The Labute approximate surface area is 212 Å². The zero-order valence-corrected chi connectivity index (χ0v) is 20.6. The third kappa shape index (κ3) is 8.60. The normalized spacial score (nSPS) is 16.4. The summed E-state index contributed by atoms with van der Waals surface area (Å²) in [6.45, 7) is 6.59. The number of pyridine rings is 1. The number of hydrogen-bond donors (Lipinski definition) is 7. The minimum atomic E-state index is -2.27. The SMILES string of the molecule is CC(C)(O)CN1CCC(CNC(=O)c2cc(F)c(N)c3cccnc23)CC1.O=C(O)C(O)C(O)C(=O)O. The number of piperidine rings is 1. The zero-order chi connectivity index (χ0) is 27.9. The number of anilines is 1. The molecule has 1 aliphatic rings. The summed E-state index contributed by atoms with van der Waals surface area (Å²) in [6.07, 6.45) is -1.07. The fourth-order valence-electron chi connectivity index (χ4n) is 3.91. The molecular weight excluding hydrogens is 491 g/mol. The quantitative estimate of drug-likeness (QED) is 0.230. The summed E-state index contributed by atoms with van der Waals surface area (Å²) >= 11 is 0. The number of halogens is 1. The molecule has 8 N–H and O–H groups in total. The Hall–Kier alpha value is -3.39. The van der Waals surface area contributed by atoms with Crippen LogP contribution in [-0.4, -0.2) is 97.3 Å². The average molecular weight is 525 g/mol. The van der Waals surface area contributed by atoms with Crippen LogP contribution < -0.4 is 11.1 Å². The molecule has 2 aromatic rings. The second-order valence-electron chi connectivity index (χ2n) is 9.53. The number of carbonyl (C=O) groups excluding carboxylic acids is 1. The topological polar surface area (TPSA) is 207 Å². The molecule has 204 valence electrons. The summed E-state index contributed by atoms with van der Waals surface area (Å²) in [5, 5.41) is 45.8. The van der Waals surface area contributed by atoms with E-state index in [9.17, 15) is 23.9 Å². The highest BCUT2D eigenvalue weighted by atomic mass is 19.1. The van der Waals surface area contributed by atoms with Gasteiger partial charge in [0.05, 0.1) is 22.4 Å². The Balaban J connectivity index is 0.000000410. The summed E-state index contributed by atoms with van der Waals surface area (Å²) in [6, 6.07) is 4.49. The van der Waals surface area contributed by atoms with Crippen LogP contribution in [-0.2, 0) is 9.59 Å². The van der Waals surface area contributed by atoms with Crippen LogP contribution >= 0.6 is 0 Å². The molecule has 1 aromatic carbocycles. The molecule has 2 heterocycles. The molecule has 3 rings (SSSR count). The van der Waals surface area contributed by atoms with Gasteiger partial charge in [-0.2, -0.15) is 0 Å². The van der Waals surface area contributed by atoms with Crippen LogP contribution in [0.4, 0.5) is 10.1 Å². The third-order valence-corrected chi connectivity index (χ3v) is 5.80. The first kappa shape index (κ1) is 29.8. The van der Waals surface area contributed by atoms with E-state index in [0.717, 1.165) is 32.0 Å². The van der Waals surface area contributed by atoms with Crippen molar-refractivity contribution in [3.63, 3.8) is 0 Å². The molecule has 12 nitrogen and oxygen atoms in total. The fraction of sp³-hybridized carbons (Fsp3) is 0.500. The number of likely N-dealkylation sites (tertiary alicyclic amines) is 1. The van der Waals surface area contributed by atoms with E-state index in [-0.39, 0.29) is 17.2 Å². The number of amides is 1. The van der Waals surface area contributed by atoms with Gasteiger partial charge in [0.1, 0.15) is 5.82 Å². The number of nitrogens with two attached hydrogens (primary N) is 1. The number of aliphatic hydroxyl groups is 3. The van der Waals surface area contributed by atoms with Gasteiger partial charge in [-0.1, -0.05) is 0 Å². The summed E-state index contributed by atoms with van der Waals surface area (Å²) in [5.41, 5.74) is 5.69. The molecule has 1 amide bonds. The van der Waals surface area contributed by atoms with Gasteiger partial charge in [-0.3, -0.25) is 9.78 Å². The number of carboxylic acids is 2. The van der Waals surface area contributed by atoms with E-state index in [1.54, 1.807) is 18.3 Å². The van der Waals surface area contributed by atoms with Crippen molar-refractivity contribution < 1.29 is 44.3 Å². The highest BCUT2D eigenvalue weighted by molar-refractivity contribution is 6.08. The number of nitrogens with zero attached hydrogens (tertiary/aromatic N) is 2. The Bertz CT molecular complexity index is 1100. The first-order valence-corrected chi connectivity index (χ1v) is 11.6. The lowest BCUT2D eigenvalue weighted by atomic mass is 9.95. The number of β-amino-alcohol motifs (C(OH)–C–C–N with tert-alkyl or cyclic N) is 1. The fourth-order valence-corrected chi connectivity index (χ4v) is 3.91. The van der Waals surface area contributed by atoms with Crippen molar-refractivity contribution in [2.24, 2.45) is 5.92 Å². The molecule has 1 fully saturated rings. The molecule has 0 radical (unpaired) electrons. The number of benzene rings is 1. The minimum absolute atomic E-state index is 0.00818. The molecule has 2 atom stereocenters. The Morgan fingerprint density at radius 3 is 2.27 bits per heavy atom. The van der Waals surface area contributed by atoms with Crippen LogP contribution in [0.15, 0.2) is 24.4 Å². The number of fused-ring (bicyclic) bond motifs is 1. The molecule has 1 saturated heterocycles. The predicted octanol–water partition coefficient (Wildman–Crippen LogP) is 0.0462. The van der Waals surface area contributed by atoms with Crippen LogP contribution in [0.2, 0.25) is 0 Å². The molecule has 0 aliphatic carbocycles. The molecule has 13 heteroatoms. The van der Waals surface area contributed by atoms with Crippen LogP contribution in [0.5, 0.6) is 0 Å². The van der Waals surface area contributed by atoms with E-state index in [4.69, 9.17) is 26.2 Å². The number of nitrogens with one attached hydrogen (secondary N) is 1. The smallest absolute Gasteiger partial charge is 0.335 e. The summed E-state index contributed by atoms with van der Waals surface area (Å²) in [5.74, 6) is -4.12. The largest absolute Gasteiger partial charge is 0.479 e. The molecule has 37 heavy (non-hydrogen) atoms. The maximum absolute atomic E-state index is 14.1. The number of nitrogen functional groups attached to an aromatic ring is 1. The number of carbonyl (C=O) groups is 3. The van der Waals surface area contributed by atoms with Gasteiger partial charge < -0.3 is 41.5 Å². The number of aromatic nitrogens is 1. The highest BCUT2D eigenvalue weighted by Gasteiger charge is 2.29. The van der Waals surface area contributed by atoms with E-state index in [2.05, 4.69) is 15.2 Å². The van der Waals surface area contributed by atoms with Crippen molar-refractivity contribution in [2.75, 3.05) is 31.9 Å². The van der Waals surface area contributed by atoms with Crippen LogP contribution in [0.25, 0.3) is 10.9 Å². The number of rotatable bonds is 8. The number of aliphatic hydroxyl groups excluding tert-OH is 2. The molecular formula is C24H33FN4O8. The van der Waals surface area contributed by atoms with E-state index in [1.165, 1.54) is 0 Å². The number of hydrogen-bond acceptors (Lipinski definition) is 9. The van der Waals surface area contributed by atoms with Gasteiger partial charge >= 0.3 is 11.9 Å². The van der Waals surface area contributed by atoms with Gasteiger partial charge in [-0.25, -0.2) is 14.0 Å². The maximum atomic E-state index is 14.1. The highest BCUT2D eigenvalue weighted by Crippen LogP contribution is 2.26. The molecule has 0 saturated carbocycles. The van der Waals surface area contributed by atoms with Gasteiger partial charge in [-0.05, 0) is 63.9 Å². The summed E-state index contributed by atoms with van der Waals surface area (Å²) in [7, 11) is 0. The van der Waals surface area contributed by atoms with Gasteiger partial charge in [-0.15, -0.1) is 0 Å². The van der Waals surface area contributed by atoms with Crippen molar-refractivity contribution in [2.45, 2.75) is 44.5 Å². The first-order valence-electron chi connectivity index (χ1n) is 11.6. The van der Waals surface area contributed by atoms with Crippen LogP contribution in [0.1, 0.15) is 37.0 Å². The van der Waals surface area contributed by atoms with E-state index in [1.807, 2.05) is 13.8 Å². The molecule has 0 bridgehead atoms. The van der Waals surface area contributed by atoms with E-state index >= 15 is 0 Å². The standard InChI is InChI=1S/C20H27FN4O2.C4H6O6/c1-20(2,27)12-25-8-5-13(6-9-25)11-24-19(26)15-10-16(21)17(22)14-4-3-7-23-18(14)15;5-1(3(7)8)2(6)4(9)10/h3-4,7,10,13,27H,5-6,8-9,11-12,22H2,1-2H3,(H,24,26);1-2,5-6H,(H,7,8)(H,9,10). The van der Waals surface area contributed by atoms with E-state index in [0.29, 0.717) is 29.9 Å². The first-order chi connectivity index (χ1) is 17.2. The van der Waals surface area contributed by atoms with Crippen molar-refractivity contribution in [1.82, 2.24) is 15.2 Å². The lowest BCUT2D eigenvalue weighted by Gasteiger charge is -2.35. The Morgan fingerprint density at radius 1 is 1.19 bits per heavy atom. The summed E-state index contributed by atoms with van der Waals surface area (Å²) < 4.78 is 14.1. The van der Waals surface area contributed by atoms with Crippen molar-refractivity contribution in [3.05, 3.63) is 35.8 Å². The Kier molecular flexibility index (Phi) is 10.3. The predicted molar refractivity (Wildman–Crippen MR) is 131 cm³/mol. The van der Waals surface area contributed by atoms with Crippen LogP contribution in [0.3, 0.4) is 0 Å². The molecule has 1 aliphatic heterocycles. The lowest BCUT2D eigenvalue weighted by molar-refractivity contribution is -0.165. The lowest BCUT2D eigenvalue weighted by Crippen LogP contribution is -2.44. The molecule has 2 unspecified atom stereocenters. The van der Waals surface area contributed by atoms with Crippen molar-refractivity contribution in [1.29, 1.82) is 0 Å². The van der Waals surface area contributed by atoms with Crippen LogP contribution in [0, 0.1) is 11.7 Å². The second kappa shape index (κ2) is 12.7. The van der Waals surface area contributed by atoms with Gasteiger partial charge in [0.25, 0.3) is 5.91 Å². The molecule has 0 spiro atoms. The van der Waals surface area contributed by atoms with Gasteiger partial charge in [0.15, 0.2) is 12.2 Å². The summed E-state index contributed by atoms with van der Waals surface area (Å²) in [4.78, 5) is 38.6. The minimum Gasteiger partial charge on any atom is -0.479 e. The third-order valence-electron chi connectivity index (χ3n) is 5.80. The second-order valence-corrected chi connectivity index (χ2v) is 9.53. The number of carboxylic acid groups (broad SMARTS) is 2. The van der Waals surface area contributed by atoms with Crippen molar-refractivity contribution >= 4 is 34.4 Å². The Morgan fingerprint density at radius 2 is 1.76 bits per heavy atom. The molecule has 1 aromatic heterocycles. The zero-order valence-electron chi connectivity index (χ0n) is 20.6. The van der Waals surface area contributed by atoms with Gasteiger partial charge in [0, 0.05) is 24.7 Å². The van der Waals surface area contributed by atoms with Crippen molar-refractivity contribution in [3.8, 4) is 0 Å². The average Bonchev–Trinajstić information content (AvgIpc) is 2.84. The van der Waals surface area contributed by atoms with Gasteiger partial charge in [0.2, 0.25) is 0 Å². The maximum Gasteiger partial charge on any atom is 0.335 e. The van der Waals surface area contributed by atoms with E-state index < -0.39 is 35.6 Å². The monoisotopic (exact) mass is 524 g/mol.